The highest BCUT2D eigenvalue weighted by atomic mass is 16.3. The summed E-state index contributed by atoms with van der Waals surface area (Å²) in [6, 6.07) is 0.758. The molecule has 1 aromatic heterocycles. The second-order valence-corrected chi connectivity index (χ2v) is 7.32. The Hall–Kier alpha value is -0.910. The minimum Gasteiger partial charge on any atom is -0.394 e. The number of aromatic nitrogens is 2. The number of hydrogen-bond donors (Lipinski definition) is 1. The average Bonchev–Trinajstić information content (AvgIpc) is 3.19. The molecule has 0 saturated carbocycles. The van der Waals surface area contributed by atoms with Gasteiger partial charge in [0.25, 0.3) is 0 Å². The summed E-state index contributed by atoms with van der Waals surface area (Å²) >= 11 is 0. The Labute approximate surface area is 140 Å². The molecule has 0 unspecified atom stereocenters. The smallest absolute Gasteiger partial charge is 0.0641 e. The first kappa shape index (κ1) is 16.9. The Morgan fingerprint density at radius 1 is 1.22 bits per heavy atom. The maximum absolute atomic E-state index is 9.04. The molecular formula is C18H32N4O. The predicted molar refractivity (Wildman–Crippen MR) is 92.3 cm³/mol. The van der Waals surface area contributed by atoms with Gasteiger partial charge in [0.15, 0.2) is 0 Å². The van der Waals surface area contributed by atoms with Gasteiger partial charge in [-0.3, -0.25) is 9.58 Å². The van der Waals surface area contributed by atoms with Gasteiger partial charge in [-0.25, -0.2) is 0 Å². The molecule has 1 N–H and O–H groups in total. The molecule has 23 heavy (non-hydrogen) atoms. The third kappa shape index (κ3) is 4.14. The number of aryl methyl sites for hydroxylation is 1. The van der Waals surface area contributed by atoms with E-state index in [0.29, 0.717) is 6.54 Å². The SMILES string of the molecule is Cc1nn(CCO)cc1CN1CCC([C@@H](C)N2CCCC2)CC1. The van der Waals surface area contributed by atoms with Crippen LogP contribution in [0.25, 0.3) is 0 Å². The molecule has 1 aromatic rings. The predicted octanol–water partition coefficient (Wildman–Crippen LogP) is 1.88. The highest BCUT2D eigenvalue weighted by Gasteiger charge is 2.29. The van der Waals surface area contributed by atoms with Gasteiger partial charge in [0.1, 0.15) is 0 Å². The van der Waals surface area contributed by atoms with E-state index in [-0.39, 0.29) is 6.61 Å². The van der Waals surface area contributed by atoms with Crippen LogP contribution < -0.4 is 0 Å². The summed E-state index contributed by atoms with van der Waals surface area (Å²) in [5.74, 6) is 0.863. The Bertz CT molecular complexity index is 487. The zero-order chi connectivity index (χ0) is 16.2. The normalized spacial score (nSPS) is 22.7. The van der Waals surface area contributed by atoms with E-state index < -0.39 is 0 Å². The largest absolute Gasteiger partial charge is 0.394 e. The summed E-state index contributed by atoms with van der Waals surface area (Å²) in [4.78, 5) is 5.27. The van der Waals surface area contributed by atoms with E-state index in [9.17, 15) is 0 Å². The van der Waals surface area contributed by atoms with Crippen LogP contribution in [0.1, 0.15) is 43.9 Å². The zero-order valence-electron chi connectivity index (χ0n) is 14.7. The molecule has 3 rings (SSSR count). The summed E-state index contributed by atoms with van der Waals surface area (Å²) in [6.45, 7) is 11.3. The van der Waals surface area contributed by atoms with Crippen molar-refractivity contribution in [3.05, 3.63) is 17.5 Å². The number of rotatable bonds is 6. The van der Waals surface area contributed by atoms with Crippen molar-refractivity contribution in [3.8, 4) is 0 Å². The minimum atomic E-state index is 0.153. The van der Waals surface area contributed by atoms with E-state index in [1.165, 1.54) is 57.4 Å². The van der Waals surface area contributed by atoms with Crippen molar-refractivity contribution in [1.82, 2.24) is 19.6 Å². The maximum Gasteiger partial charge on any atom is 0.0641 e. The van der Waals surface area contributed by atoms with E-state index in [2.05, 4.69) is 34.9 Å². The van der Waals surface area contributed by atoms with E-state index in [0.717, 1.165) is 24.2 Å². The summed E-state index contributed by atoms with van der Waals surface area (Å²) in [6.07, 6.45) is 7.52. The second-order valence-electron chi connectivity index (χ2n) is 7.32. The van der Waals surface area contributed by atoms with Crippen molar-refractivity contribution in [2.45, 2.75) is 58.7 Å². The van der Waals surface area contributed by atoms with Crippen molar-refractivity contribution in [2.75, 3.05) is 32.8 Å². The third-order valence-electron chi connectivity index (χ3n) is 5.80. The van der Waals surface area contributed by atoms with Gasteiger partial charge in [-0.05, 0) is 71.6 Å². The fourth-order valence-corrected chi connectivity index (χ4v) is 4.21. The van der Waals surface area contributed by atoms with Crippen LogP contribution in [0, 0.1) is 12.8 Å². The van der Waals surface area contributed by atoms with Crippen LogP contribution in [-0.2, 0) is 13.1 Å². The van der Waals surface area contributed by atoms with Crippen molar-refractivity contribution >= 4 is 0 Å². The molecule has 0 aromatic carbocycles. The molecule has 0 amide bonds. The topological polar surface area (TPSA) is 44.5 Å². The van der Waals surface area contributed by atoms with E-state index in [1.54, 1.807) is 0 Å². The molecule has 0 aliphatic carbocycles. The summed E-state index contributed by atoms with van der Waals surface area (Å²) in [5.41, 5.74) is 2.41. The molecule has 2 fully saturated rings. The molecule has 5 nitrogen and oxygen atoms in total. The molecule has 3 heterocycles. The van der Waals surface area contributed by atoms with Crippen molar-refractivity contribution < 1.29 is 5.11 Å². The Morgan fingerprint density at radius 2 is 1.91 bits per heavy atom. The van der Waals surface area contributed by atoms with Gasteiger partial charge in [0.2, 0.25) is 0 Å². The van der Waals surface area contributed by atoms with Crippen LogP contribution >= 0.6 is 0 Å². The molecule has 5 heteroatoms. The van der Waals surface area contributed by atoms with Crippen LogP contribution in [-0.4, -0.2) is 63.5 Å². The second kappa shape index (κ2) is 7.77. The van der Waals surface area contributed by atoms with Gasteiger partial charge >= 0.3 is 0 Å². The van der Waals surface area contributed by atoms with Crippen molar-refractivity contribution in [2.24, 2.45) is 5.92 Å². The lowest BCUT2D eigenvalue weighted by molar-refractivity contribution is 0.108. The number of nitrogens with zero attached hydrogens (tertiary/aromatic N) is 4. The zero-order valence-corrected chi connectivity index (χ0v) is 14.7. The lowest BCUT2D eigenvalue weighted by Crippen LogP contribution is -2.42. The lowest BCUT2D eigenvalue weighted by atomic mass is 9.89. The Morgan fingerprint density at radius 3 is 2.57 bits per heavy atom. The molecule has 130 valence electrons. The molecule has 2 aliphatic rings. The number of aliphatic hydroxyl groups is 1. The summed E-state index contributed by atoms with van der Waals surface area (Å²) in [5, 5.41) is 13.5. The van der Waals surface area contributed by atoms with Crippen LogP contribution in [0.5, 0.6) is 0 Å². The fraction of sp³-hybridized carbons (Fsp3) is 0.833. The van der Waals surface area contributed by atoms with Crippen LogP contribution in [0.4, 0.5) is 0 Å². The number of hydrogen-bond acceptors (Lipinski definition) is 4. The number of aliphatic hydroxyl groups excluding tert-OH is 1. The van der Waals surface area contributed by atoms with Gasteiger partial charge in [0.05, 0.1) is 18.8 Å². The van der Waals surface area contributed by atoms with Gasteiger partial charge < -0.3 is 10.0 Å². The van der Waals surface area contributed by atoms with Crippen LogP contribution in [0.15, 0.2) is 6.20 Å². The summed E-state index contributed by atoms with van der Waals surface area (Å²) in [7, 11) is 0. The first-order valence-electron chi connectivity index (χ1n) is 9.27. The molecule has 0 spiro atoms. The van der Waals surface area contributed by atoms with E-state index in [1.807, 2.05) is 4.68 Å². The molecule has 0 bridgehead atoms. The van der Waals surface area contributed by atoms with Gasteiger partial charge in [0, 0.05) is 24.3 Å². The molecule has 0 radical (unpaired) electrons. The van der Waals surface area contributed by atoms with Crippen molar-refractivity contribution in [3.63, 3.8) is 0 Å². The van der Waals surface area contributed by atoms with Gasteiger partial charge in [-0.2, -0.15) is 5.10 Å². The van der Waals surface area contributed by atoms with Gasteiger partial charge in [-0.15, -0.1) is 0 Å². The van der Waals surface area contributed by atoms with Crippen LogP contribution in [0.3, 0.4) is 0 Å². The molecule has 2 saturated heterocycles. The quantitative estimate of drug-likeness (QED) is 0.869. The molecule has 2 aliphatic heterocycles. The van der Waals surface area contributed by atoms with Crippen molar-refractivity contribution in [1.29, 1.82) is 0 Å². The number of likely N-dealkylation sites (tertiary alicyclic amines) is 2. The standard InChI is InChI=1S/C18H32N4O/c1-15-18(14-22(19-15)11-12-23)13-20-9-5-17(6-10-20)16(2)21-7-3-4-8-21/h14,16-17,23H,3-13H2,1-2H3/t16-/m1/s1. The minimum absolute atomic E-state index is 0.153. The molecular weight excluding hydrogens is 288 g/mol. The Balaban J connectivity index is 1.49. The highest BCUT2D eigenvalue weighted by Crippen LogP contribution is 2.27. The summed E-state index contributed by atoms with van der Waals surface area (Å²) < 4.78 is 1.87. The van der Waals surface area contributed by atoms with E-state index in [4.69, 9.17) is 5.11 Å². The first-order valence-corrected chi connectivity index (χ1v) is 9.27. The lowest BCUT2D eigenvalue weighted by Gasteiger charge is -2.38. The third-order valence-corrected chi connectivity index (χ3v) is 5.80. The van der Waals surface area contributed by atoms with Crippen LogP contribution in [0.2, 0.25) is 0 Å². The Kier molecular flexibility index (Phi) is 5.72. The maximum atomic E-state index is 9.04. The average molecular weight is 320 g/mol. The van der Waals surface area contributed by atoms with E-state index >= 15 is 0 Å². The molecule has 1 atom stereocenters. The first-order chi connectivity index (χ1) is 11.2. The fourth-order valence-electron chi connectivity index (χ4n) is 4.21. The van der Waals surface area contributed by atoms with Gasteiger partial charge in [-0.1, -0.05) is 0 Å². The monoisotopic (exact) mass is 320 g/mol. The number of piperidine rings is 1. The highest BCUT2D eigenvalue weighted by molar-refractivity contribution is 5.15.